The highest BCUT2D eigenvalue weighted by molar-refractivity contribution is 5.97. The van der Waals surface area contributed by atoms with Gasteiger partial charge in [-0.2, -0.15) is 4.89 Å². The Balaban J connectivity index is 2.04. The maximum atomic E-state index is 13.3. The fourth-order valence-corrected chi connectivity index (χ4v) is 4.34. The quantitative estimate of drug-likeness (QED) is 0.117. The van der Waals surface area contributed by atoms with Gasteiger partial charge in [0.2, 0.25) is 11.5 Å². The van der Waals surface area contributed by atoms with Gasteiger partial charge in [-0.3, -0.25) is 19.3 Å². The summed E-state index contributed by atoms with van der Waals surface area (Å²) in [6.07, 6.45) is 0.216. The highest BCUT2D eigenvalue weighted by Gasteiger charge is 2.55. The van der Waals surface area contributed by atoms with Gasteiger partial charge in [0.1, 0.15) is 6.17 Å². The molecule has 1 saturated heterocycles. The van der Waals surface area contributed by atoms with Crippen LogP contribution in [0.1, 0.15) is 60.2 Å². The molecule has 1 aliphatic rings. The molecule has 3 rings (SSSR count). The summed E-state index contributed by atoms with van der Waals surface area (Å²) in [4.78, 5) is 63.0. The van der Waals surface area contributed by atoms with Gasteiger partial charge in [0, 0.05) is 37.4 Å². The van der Waals surface area contributed by atoms with Crippen molar-refractivity contribution in [2.45, 2.75) is 57.3 Å². The van der Waals surface area contributed by atoms with E-state index < -0.39 is 41.4 Å². The van der Waals surface area contributed by atoms with E-state index in [1.165, 1.54) is 4.90 Å². The number of hydrogen-bond acceptors (Lipinski definition) is 8. The molecule has 12 heteroatoms. The number of amides is 3. The molecule has 0 aliphatic carbocycles. The number of oxime groups is 1. The minimum Gasteiger partial charge on any atom is -0.409 e. The lowest BCUT2D eigenvalue weighted by atomic mass is 9.82. The molecule has 1 heterocycles. The number of carbonyl (C=O) groups is 4. The number of rotatable bonds is 10. The van der Waals surface area contributed by atoms with E-state index in [0.29, 0.717) is 17.5 Å². The second-order valence-corrected chi connectivity index (χ2v) is 9.13. The molecule has 0 radical (unpaired) electrons. The van der Waals surface area contributed by atoms with E-state index >= 15 is 0 Å². The summed E-state index contributed by atoms with van der Waals surface area (Å²) in [6, 6.07) is 15.5. The number of benzene rings is 2. The van der Waals surface area contributed by atoms with Crippen molar-refractivity contribution in [1.29, 1.82) is 0 Å². The van der Waals surface area contributed by atoms with Crippen LogP contribution in [0, 0.1) is 0 Å². The molecular formula is C27H33N5O7. The summed E-state index contributed by atoms with van der Waals surface area (Å²) >= 11 is 0. The van der Waals surface area contributed by atoms with Crippen molar-refractivity contribution in [3.8, 4) is 0 Å². The van der Waals surface area contributed by atoms with Crippen LogP contribution in [0.4, 0.5) is 0 Å². The third-order valence-electron chi connectivity index (χ3n) is 6.40. The number of nitrogens with zero attached hydrogens (tertiary/aromatic N) is 2. The number of hydrogen-bond donors (Lipinski definition) is 4. The smallest absolute Gasteiger partial charge is 0.339 e. The van der Waals surface area contributed by atoms with Gasteiger partial charge in [0.25, 0.3) is 11.8 Å². The van der Waals surface area contributed by atoms with Gasteiger partial charge >= 0.3 is 5.97 Å². The van der Waals surface area contributed by atoms with Gasteiger partial charge in [-0.05, 0) is 30.7 Å². The number of piperidine rings is 1. The molecular weight excluding hydrogens is 506 g/mol. The van der Waals surface area contributed by atoms with Crippen molar-refractivity contribution in [1.82, 2.24) is 15.5 Å². The topological polar surface area (TPSA) is 173 Å². The lowest BCUT2D eigenvalue weighted by Crippen LogP contribution is -2.73. The Hall–Kier alpha value is -4.45. The van der Waals surface area contributed by atoms with Crippen LogP contribution in [0.2, 0.25) is 0 Å². The first kappa shape index (κ1) is 29.1. The molecule has 0 saturated carbocycles. The van der Waals surface area contributed by atoms with Crippen LogP contribution >= 0.6 is 0 Å². The van der Waals surface area contributed by atoms with Crippen LogP contribution < -0.4 is 16.4 Å². The van der Waals surface area contributed by atoms with E-state index in [0.717, 1.165) is 13.3 Å². The monoisotopic (exact) mass is 539 g/mol. The Morgan fingerprint density at radius 2 is 1.59 bits per heavy atom. The Labute approximate surface area is 226 Å². The summed E-state index contributed by atoms with van der Waals surface area (Å²) in [5, 5.41) is 18.4. The van der Waals surface area contributed by atoms with Gasteiger partial charge < -0.3 is 26.5 Å². The third kappa shape index (κ3) is 7.11. The largest absolute Gasteiger partial charge is 0.409 e. The molecule has 1 aliphatic heterocycles. The fourth-order valence-electron chi connectivity index (χ4n) is 4.34. The van der Waals surface area contributed by atoms with E-state index in [4.69, 9.17) is 15.5 Å². The van der Waals surface area contributed by atoms with Gasteiger partial charge in [-0.25, -0.2) is 4.79 Å². The normalized spacial score (nSPS) is 21.1. The summed E-state index contributed by atoms with van der Waals surface area (Å²) in [5.74, 6) is -2.66. The van der Waals surface area contributed by atoms with Crippen LogP contribution in [0.3, 0.4) is 0 Å². The number of carbonyl (C=O) groups excluding carboxylic acids is 4. The molecule has 0 bridgehead atoms. The first-order valence-electron chi connectivity index (χ1n) is 12.6. The Kier molecular flexibility index (Phi) is 9.98. The first-order chi connectivity index (χ1) is 18.7. The molecule has 39 heavy (non-hydrogen) atoms. The lowest BCUT2D eigenvalue weighted by molar-refractivity contribution is -0.327. The van der Waals surface area contributed by atoms with Crippen molar-refractivity contribution < 1.29 is 34.2 Å². The lowest BCUT2D eigenvalue weighted by Gasteiger charge is -2.49. The molecule has 12 nitrogen and oxygen atoms in total. The zero-order valence-corrected chi connectivity index (χ0v) is 21.8. The van der Waals surface area contributed by atoms with Crippen molar-refractivity contribution in [3.05, 3.63) is 71.8 Å². The van der Waals surface area contributed by atoms with E-state index in [1.54, 1.807) is 60.7 Å². The van der Waals surface area contributed by atoms with Crippen LogP contribution in [0.15, 0.2) is 65.8 Å². The van der Waals surface area contributed by atoms with Crippen LogP contribution in [0.5, 0.6) is 0 Å². The molecule has 3 amide bonds. The SMILES string of the molecule is CCCCC(=O)N1CC(NC(=O)c2ccccc2)C(OOC(C)=O)(C(N)=NO)CC1NC(=O)c1ccccc1. The minimum absolute atomic E-state index is 0.189. The zero-order valence-electron chi connectivity index (χ0n) is 21.8. The first-order valence-corrected chi connectivity index (χ1v) is 12.6. The van der Waals surface area contributed by atoms with Crippen LogP contribution in [-0.2, 0) is 19.4 Å². The summed E-state index contributed by atoms with van der Waals surface area (Å²) in [6.45, 7) is 2.82. The maximum Gasteiger partial charge on any atom is 0.339 e. The van der Waals surface area contributed by atoms with Crippen molar-refractivity contribution in [3.63, 3.8) is 0 Å². The van der Waals surface area contributed by atoms with E-state index in [1.807, 2.05) is 6.92 Å². The highest BCUT2D eigenvalue weighted by atomic mass is 17.2. The number of nitrogens with one attached hydrogen (secondary N) is 2. The van der Waals surface area contributed by atoms with Gasteiger partial charge in [-0.15, -0.1) is 0 Å². The fraction of sp³-hybridized carbons (Fsp3) is 0.370. The molecule has 3 atom stereocenters. The molecule has 2 aromatic carbocycles. The van der Waals surface area contributed by atoms with Gasteiger partial charge in [0.05, 0.1) is 6.04 Å². The standard InChI is InChI=1S/C27H33N5O7/c1-3-4-15-23(34)32-17-21(29-24(35)19-11-7-5-8-12-19)27(26(28)31-37,39-38-18(2)33)16-22(32)30-25(36)20-13-9-6-10-14-20/h5-14,21-22,37H,3-4,15-17H2,1-2H3,(H2,28,31)(H,29,35)(H,30,36). The van der Waals surface area contributed by atoms with Crippen molar-refractivity contribution >= 4 is 29.5 Å². The molecule has 0 aromatic heterocycles. The third-order valence-corrected chi connectivity index (χ3v) is 6.40. The van der Waals surface area contributed by atoms with Crippen LogP contribution in [0.25, 0.3) is 0 Å². The van der Waals surface area contributed by atoms with Gasteiger partial charge in [-0.1, -0.05) is 54.9 Å². The highest BCUT2D eigenvalue weighted by Crippen LogP contribution is 2.32. The summed E-state index contributed by atoms with van der Waals surface area (Å²) < 4.78 is 0. The molecule has 208 valence electrons. The number of amidine groups is 1. The Morgan fingerprint density at radius 3 is 2.10 bits per heavy atom. The zero-order chi connectivity index (χ0) is 28.4. The minimum atomic E-state index is -1.94. The van der Waals surface area contributed by atoms with E-state index in [2.05, 4.69) is 15.8 Å². The molecule has 1 fully saturated rings. The van der Waals surface area contributed by atoms with Crippen molar-refractivity contribution in [2.24, 2.45) is 10.9 Å². The summed E-state index contributed by atoms with van der Waals surface area (Å²) in [5.41, 5.74) is 4.80. The van der Waals surface area contributed by atoms with Gasteiger partial charge in [0.15, 0.2) is 5.84 Å². The predicted octanol–water partition coefficient (Wildman–Crippen LogP) is 1.94. The molecule has 3 unspecified atom stereocenters. The number of nitrogens with two attached hydrogens (primary N) is 1. The van der Waals surface area contributed by atoms with Crippen LogP contribution in [-0.4, -0.2) is 64.0 Å². The predicted molar refractivity (Wildman–Crippen MR) is 140 cm³/mol. The van der Waals surface area contributed by atoms with E-state index in [-0.39, 0.29) is 25.3 Å². The molecule has 0 spiro atoms. The second-order valence-electron chi connectivity index (χ2n) is 9.13. The molecule has 5 N–H and O–H groups in total. The Morgan fingerprint density at radius 1 is 1.03 bits per heavy atom. The maximum absolute atomic E-state index is 13.3. The van der Waals surface area contributed by atoms with E-state index in [9.17, 15) is 24.4 Å². The Bertz CT molecular complexity index is 1190. The molecule has 2 aromatic rings. The number of unbranched alkanes of at least 4 members (excludes halogenated alkanes) is 1. The van der Waals surface area contributed by atoms with Crippen molar-refractivity contribution in [2.75, 3.05) is 6.54 Å². The number of likely N-dealkylation sites (tertiary alicyclic amines) is 1. The average molecular weight is 540 g/mol. The average Bonchev–Trinajstić information content (AvgIpc) is 2.95. The summed E-state index contributed by atoms with van der Waals surface area (Å²) in [7, 11) is 0. The second kappa shape index (κ2) is 13.4.